The Balaban J connectivity index is 1.44. The number of methoxy groups -OCH3 is 1. The van der Waals surface area contributed by atoms with Crippen molar-refractivity contribution in [3.05, 3.63) is 54.1 Å². The first-order valence-electron chi connectivity index (χ1n) is 9.16. The molecule has 136 valence electrons. The van der Waals surface area contributed by atoms with Crippen molar-refractivity contribution in [3.8, 4) is 5.75 Å². The van der Waals surface area contributed by atoms with Gasteiger partial charge in [-0.15, -0.1) is 0 Å². The van der Waals surface area contributed by atoms with E-state index in [9.17, 15) is 4.79 Å². The van der Waals surface area contributed by atoms with Crippen LogP contribution in [0.2, 0.25) is 0 Å². The Morgan fingerprint density at radius 2 is 1.62 bits per heavy atom. The van der Waals surface area contributed by atoms with Gasteiger partial charge >= 0.3 is 0 Å². The molecule has 1 N–H and O–H groups in total. The zero-order valence-electron chi connectivity index (χ0n) is 15.3. The normalized spacial score (nSPS) is 22.3. The quantitative estimate of drug-likeness (QED) is 0.919. The Labute approximate surface area is 154 Å². The number of anilines is 2. The van der Waals surface area contributed by atoms with E-state index in [1.807, 2.05) is 12.1 Å². The van der Waals surface area contributed by atoms with Gasteiger partial charge in [-0.3, -0.25) is 4.79 Å². The maximum Gasteiger partial charge on any atom is 0.255 e. The van der Waals surface area contributed by atoms with Gasteiger partial charge in [-0.2, -0.15) is 0 Å². The Morgan fingerprint density at radius 3 is 2.19 bits per heavy atom. The molecule has 2 aliphatic heterocycles. The molecule has 2 aromatic rings. The van der Waals surface area contributed by atoms with E-state index in [0.717, 1.165) is 24.5 Å². The van der Waals surface area contributed by atoms with E-state index < -0.39 is 0 Å². The molecule has 0 spiro atoms. The minimum Gasteiger partial charge on any atom is -0.497 e. The van der Waals surface area contributed by atoms with Crippen molar-refractivity contribution in [2.24, 2.45) is 0 Å². The highest BCUT2D eigenvalue weighted by Crippen LogP contribution is 2.34. The highest BCUT2D eigenvalue weighted by Gasteiger charge is 2.38. The number of carbonyl (C=O) groups excluding carboxylic acids is 1. The Morgan fingerprint density at radius 1 is 1.00 bits per heavy atom. The topological polar surface area (TPSA) is 44.8 Å². The number of hydrogen-bond donors (Lipinski definition) is 1. The lowest BCUT2D eigenvalue weighted by atomic mass is 10.1. The van der Waals surface area contributed by atoms with Crippen LogP contribution in [0.4, 0.5) is 11.4 Å². The minimum atomic E-state index is -0.111. The lowest BCUT2D eigenvalue weighted by molar-refractivity contribution is 0.102. The van der Waals surface area contributed by atoms with E-state index in [4.69, 9.17) is 4.74 Å². The van der Waals surface area contributed by atoms with E-state index in [0.29, 0.717) is 17.6 Å². The summed E-state index contributed by atoms with van der Waals surface area (Å²) in [5, 5.41) is 2.96. The van der Waals surface area contributed by atoms with Crippen LogP contribution in [0.1, 0.15) is 23.2 Å². The van der Waals surface area contributed by atoms with Crippen molar-refractivity contribution in [3.63, 3.8) is 0 Å². The fourth-order valence-corrected chi connectivity index (χ4v) is 4.20. The molecule has 26 heavy (non-hydrogen) atoms. The summed E-state index contributed by atoms with van der Waals surface area (Å²) in [5.41, 5.74) is 2.69. The molecule has 2 bridgehead atoms. The summed E-state index contributed by atoms with van der Waals surface area (Å²) in [6, 6.07) is 16.6. The molecule has 0 radical (unpaired) electrons. The predicted octanol–water partition coefficient (Wildman–Crippen LogP) is 3.23. The molecule has 4 rings (SSSR count). The number of nitrogens with one attached hydrogen (secondary N) is 1. The third-order valence-corrected chi connectivity index (χ3v) is 5.44. The Hall–Kier alpha value is -2.53. The van der Waals surface area contributed by atoms with Crippen LogP contribution in [0.3, 0.4) is 0 Å². The SMILES string of the molecule is COc1ccc(C(=O)Nc2ccc(N3C4CCC3CN(C)C4)cc2)cc1. The molecule has 5 nitrogen and oxygen atoms in total. The number of benzene rings is 2. The van der Waals surface area contributed by atoms with Crippen LogP contribution in [0.25, 0.3) is 0 Å². The van der Waals surface area contributed by atoms with E-state index in [1.165, 1.54) is 18.5 Å². The molecule has 5 heteroatoms. The van der Waals surface area contributed by atoms with Crippen molar-refractivity contribution >= 4 is 17.3 Å². The number of likely N-dealkylation sites (tertiary alicyclic amines) is 1. The van der Waals surface area contributed by atoms with E-state index in [1.54, 1.807) is 31.4 Å². The maximum atomic E-state index is 12.4. The third-order valence-electron chi connectivity index (χ3n) is 5.44. The largest absolute Gasteiger partial charge is 0.497 e. The molecule has 2 atom stereocenters. The van der Waals surface area contributed by atoms with Crippen molar-refractivity contribution in [1.82, 2.24) is 4.90 Å². The van der Waals surface area contributed by atoms with Gasteiger partial charge in [-0.25, -0.2) is 0 Å². The second-order valence-electron chi connectivity index (χ2n) is 7.24. The number of hydrogen-bond acceptors (Lipinski definition) is 4. The molecule has 2 fully saturated rings. The second kappa shape index (κ2) is 7.00. The van der Waals surface area contributed by atoms with Crippen LogP contribution in [0, 0.1) is 0 Å². The summed E-state index contributed by atoms with van der Waals surface area (Å²) in [4.78, 5) is 17.4. The van der Waals surface area contributed by atoms with Crippen LogP contribution < -0.4 is 15.0 Å². The van der Waals surface area contributed by atoms with Gasteiger partial charge in [-0.1, -0.05) is 0 Å². The van der Waals surface area contributed by atoms with Crippen molar-refractivity contribution in [1.29, 1.82) is 0 Å². The van der Waals surface area contributed by atoms with E-state index >= 15 is 0 Å². The van der Waals surface area contributed by atoms with Crippen LogP contribution in [-0.4, -0.2) is 50.1 Å². The molecule has 2 saturated heterocycles. The van der Waals surface area contributed by atoms with Crippen molar-refractivity contribution in [2.75, 3.05) is 37.5 Å². The minimum absolute atomic E-state index is 0.111. The van der Waals surface area contributed by atoms with E-state index in [2.05, 4.69) is 34.3 Å². The van der Waals surface area contributed by atoms with Gasteiger partial charge in [0.2, 0.25) is 0 Å². The first-order chi connectivity index (χ1) is 12.6. The Kier molecular flexibility index (Phi) is 4.55. The first kappa shape index (κ1) is 16.9. The standard InChI is InChI=1S/C21H25N3O2/c1-23-13-18-9-10-19(14-23)24(18)17-7-5-16(6-8-17)22-21(25)15-3-11-20(26-2)12-4-15/h3-8,11-12,18-19H,9-10,13-14H2,1-2H3,(H,22,25). The summed E-state index contributed by atoms with van der Waals surface area (Å²) in [6.45, 7) is 2.26. The fourth-order valence-electron chi connectivity index (χ4n) is 4.20. The zero-order valence-corrected chi connectivity index (χ0v) is 15.3. The lowest BCUT2D eigenvalue weighted by Gasteiger charge is -2.41. The van der Waals surface area contributed by atoms with Crippen molar-refractivity contribution in [2.45, 2.75) is 24.9 Å². The molecule has 2 unspecified atom stereocenters. The Bertz CT molecular complexity index is 759. The molecule has 1 amide bonds. The highest BCUT2D eigenvalue weighted by molar-refractivity contribution is 6.04. The summed E-state index contributed by atoms with van der Waals surface area (Å²) < 4.78 is 5.13. The van der Waals surface area contributed by atoms with Gasteiger partial charge in [0.05, 0.1) is 7.11 Å². The van der Waals surface area contributed by atoms with E-state index in [-0.39, 0.29) is 5.91 Å². The molecule has 2 aliphatic rings. The average molecular weight is 351 g/mol. The first-order valence-corrected chi connectivity index (χ1v) is 9.16. The number of piperazine rings is 1. The molecular weight excluding hydrogens is 326 g/mol. The summed E-state index contributed by atoms with van der Waals surface area (Å²) in [5.74, 6) is 0.632. The number of carbonyl (C=O) groups is 1. The second-order valence-corrected chi connectivity index (χ2v) is 7.24. The summed E-state index contributed by atoms with van der Waals surface area (Å²) >= 11 is 0. The van der Waals surface area contributed by atoms with Crippen molar-refractivity contribution < 1.29 is 9.53 Å². The summed E-state index contributed by atoms with van der Waals surface area (Å²) in [6.07, 6.45) is 2.54. The highest BCUT2D eigenvalue weighted by atomic mass is 16.5. The fraction of sp³-hybridized carbons (Fsp3) is 0.381. The number of nitrogens with zero attached hydrogens (tertiary/aromatic N) is 2. The number of rotatable bonds is 4. The molecular formula is C21H25N3O2. The van der Waals surface area contributed by atoms with Gasteiger partial charge in [-0.05, 0) is 68.4 Å². The zero-order chi connectivity index (χ0) is 18.1. The van der Waals surface area contributed by atoms with Crippen LogP contribution >= 0.6 is 0 Å². The smallest absolute Gasteiger partial charge is 0.255 e. The van der Waals surface area contributed by atoms with Gasteiger partial charge in [0.25, 0.3) is 5.91 Å². The van der Waals surface area contributed by atoms with Gasteiger partial charge in [0.15, 0.2) is 0 Å². The average Bonchev–Trinajstić information content (AvgIpc) is 2.93. The van der Waals surface area contributed by atoms with Gasteiger partial charge in [0.1, 0.15) is 5.75 Å². The summed E-state index contributed by atoms with van der Waals surface area (Å²) in [7, 11) is 3.82. The van der Waals surface area contributed by atoms with Gasteiger partial charge in [0, 0.05) is 42.1 Å². The molecule has 2 heterocycles. The molecule has 0 aromatic heterocycles. The number of fused-ring (bicyclic) bond motifs is 2. The predicted molar refractivity (Wildman–Crippen MR) is 104 cm³/mol. The number of amides is 1. The molecule has 2 aromatic carbocycles. The van der Waals surface area contributed by atoms with Crippen LogP contribution in [-0.2, 0) is 0 Å². The third kappa shape index (κ3) is 3.27. The lowest BCUT2D eigenvalue weighted by Crippen LogP contribution is -2.52. The number of likely N-dealkylation sites (N-methyl/N-ethyl adjacent to an activating group) is 1. The maximum absolute atomic E-state index is 12.4. The van der Waals surface area contributed by atoms with Crippen LogP contribution in [0.5, 0.6) is 5.75 Å². The van der Waals surface area contributed by atoms with Crippen LogP contribution in [0.15, 0.2) is 48.5 Å². The molecule has 0 aliphatic carbocycles. The molecule has 0 saturated carbocycles. The monoisotopic (exact) mass is 351 g/mol. The van der Waals surface area contributed by atoms with Gasteiger partial charge < -0.3 is 19.9 Å². The number of ether oxygens (including phenoxy) is 1.